The van der Waals surface area contributed by atoms with Crippen LogP contribution in [0.15, 0.2) is 12.4 Å². The topological polar surface area (TPSA) is 40.7 Å². The number of hydrogen-bond acceptors (Lipinski definition) is 2. The number of aromatic nitrogens is 2. The van der Waals surface area contributed by atoms with E-state index in [1.165, 1.54) is 25.7 Å². The number of aryl methyl sites for hydroxylation is 1. The van der Waals surface area contributed by atoms with Gasteiger partial charge in [0.1, 0.15) is 5.82 Å². The minimum atomic E-state index is 0.739. The van der Waals surface area contributed by atoms with E-state index in [-0.39, 0.29) is 0 Å². The fraction of sp³-hybridized carbons (Fsp3) is 0.786. The lowest BCUT2D eigenvalue weighted by Gasteiger charge is -2.33. The van der Waals surface area contributed by atoms with Crippen LogP contribution < -0.4 is 5.32 Å². The number of rotatable bonds is 5. The molecule has 3 atom stereocenters. The van der Waals surface area contributed by atoms with Crippen LogP contribution in [0, 0.1) is 11.8 Å². The quantitative estimate of drug-likeness (QED) is 0.770. The number of aromatic amines is 1. The summed E-state index contributed by atoms with van der Waals surface area (Å²) in [5.41, 5.74) is 0. The normalized spacial score (nSPS) is 29.4. The Hall–Kier alpha value is -0.830. The van der Waals surface area contributed by atoms with Crippen molar-refractivity contribution >= 4 is 0 Å². The van der Waals surface area contributed by atoms with Gasteiger partial charge in [-0.2, -0.15) is 0 Å². The Morgan fingerprint density at radius 2 is 2.29 bits per heavy atom. The van der Waals surface area contributed by atoms with Gasteiger partial charge in [0.25, 0.3) is 0 Å². The summed E-state index contributed by atoms with van der Waals surface area (Å²) in [5.74, 6) is 2.87. The Kier molecular flexibility index (Phi) is 4.60. The minimum Gasteiger partial charge on any atom is -0.349 e. The average Bonchev–Trinajstić information content (AvgIpc) is 2.79. The second-order valence-corrected chi connectivity index (χ2v) is 5.60. The van der Waals surface area contributed by atoms with Gasteiger partial charge in [0.2, 0.25) is 0 Å². The highest BCUT2D eigenvalue weighted by molar-refractivity contribution is 4.87. The van der Waals surface area contributed by atoms with Crippen molar-refractivity contribution in [3.05, 3.63) is 18.2 Å². The Morgan fingerprint density at radius 1 is 1.41 bits per heavy atom. The lowest BCUT2D eigenvalue weighted by atomic mass is 9.80. The summed E-state index contributed by atoms with van der Waals surface area (Å²) < 4.78 is 0. The molecule has 1 aliphatic rings. The van der Waals surface area contributed by atoms with Gasteiger partial charge in [0.05, 0.1) is 0 Å². The van der Waals surface area contributed by atoms with E-state index < -0.39 is 0 Å². The molecule has 3 heteroatoms. The van der Waals surface area contributed by atoms with Gasteiger partial charge in [0.15, 0.2) is 0 Å². The summed E-state index contributed by atoms with van der Waals surface area (Å²) in [6.45, 7) is 5.88. The van der Waals surface area contributed by atoms with Crippen LogP contribution in [0.4, 0.5) is 0 Å². The molecule has 3 unspecified atom stereocenters. The van der Waals surface area contributed by atoms with E-state index in [1.54, 1.807) is 0 Å². The van der Waals surface area contributed by atoms with Crippen molar-refractivity contribution in [1.82, 2.24) is 15.3 Å². The molecular formula is C14H25N3. The zero-order valence-corrected chi connectivity index (χ0v) is 11.1. The third-order valence-electron chi connectivity index (χ3n) is 3.98. The predicted molar refractivity (Wildman–Crippen MR) is 70.9 cm³/mol. The van der Waals surface area contributed by atoms with Gasteiger partial charge in [-0.3, -0.25) is 0 Å². The maximum absolute atomic E-state index is 4.24. The van der Waals surface area contributed by atoms with Crippen LogP contribution in [0.5, 0.6) is 0 Å². The maximum Gasteiger partial charge on any atom is 0.106 e. The van der Waals surface area contributed by atoms with Crippen molar-refractivity contribution in [3.63, 3.8) is 0 Å². The molecule has 1 aliphatic carbocycles. The number of hydrogen-bond donors (Lipinski definition) is 2. The fourth-order valence-corrected chi connectivity index (χ4v) is 2.95. The van der Waals surface area contributed by atoms with E-state index in [4.69, 9.17) is 0 Å². The summed E-state index contributed by atoms with van der Waals surface area (Å²) >= 11 is 0. The largest absolute Gasteiger partial charge is 0.349 e. The van der Waals surface area contributed by atoms with E-state index in [9.17, 15) is 0 Å². The minimum absolute atomic E-state index is 0.739. The second-order valence-electron chi connectivity index (χ2n) is 5.60. The zero-order valence-electron chi connectivity index (χ0n) is 11.1. The SMILES string of the molecule is CC1CCC(NCCCc2ncc[nH]2)C(C)C1. The Labute approximate surface area is 104 Å². The van der Waals surface area contributed by atoms with E-state index in [0.717, 1.165) is 36.7 Å². The van der Waals surface area contributed by atoms with Crippen LogP contribution in [0.2, 0.25) is 0 Å². The molecule has 0 spiro atoms. The van der Waals surface area contributed by atoms with Crippen LogP contribution in [-0.2, 0) is 6.42 Å². The summed E-state index contributed by atoms with van der Waals surface area (Å²) in [5, 5.41) is 3.71. The second kappa shape index (κ2) is 6.20. The van der Waals surface area contributed by atoms with E-state index in [0.29, 0.717) is 0 Å². The van der Waals surface area contributed by atoms with Crippen LogP contribution in [0.3, 0.4) is 0 Å². The molecule has 2 N–H and O–H groups in total. The molecule has 0 radical (unpaired) electrons. The molecule has 0 amide bonds. The Bertz CT molecular complexity index is 307. The van der Waals surface area contributed by atoms with Crippen molar-refractivity contribution in [2.24, 2.45) is 11.8 Å². The first kappa shape index (κ1) is 12.6. The first-order chi connectivity index (χ1) is 8.25. The molecule has 2 rings (SSSR count). The molecule has 1 saturated carbocycles. The summed E-state index contributed by atoms with van der Waals surface area (Å²) in [6.07, 6.45) is 10.1. The number of H-pyrrole nitrogens is 1. The smallest absolute Gasteiger partial charge is 0.106 e. The van der Waals surface area contributed by atoms with Crippen LogP contribution in [0.1, 0.15) is 45.4 Å². The molecule has 1 heterocycles. The van der Waals surface area contributed by atoms with Crippen LogP contribution >= 0.6 is 0 Å². The van der Waals surface area contributed by atoms with Crippen molar-refractivity contribution in [2.75, 3.05) is 6.54 Å². The molecule has 1 fully saturated rings. The lowest BCUT2D eigenvalue weighted by Crippen LogP contribution is -2.39. The third kappa shape index (κ3) is 3.84. The Morgan fingerprint density at radius 3 is 3.00 bits per heavy atom. The molecule has 17 heavy (non-hydrogen) atoms. The van der Waals surface area contributed by atoms with Gasteiger partial charge in [-0.25, -0.2) is 4.98 Å². The summed E-state index contributed by atoms with van der Waals surface area (Å²) in [4.78, 5) is 7.39. The van der Waals surface area contributed by atoms with Gasteiger partial charge in [-0.05, 0) is 44.1 Å². The molecule has 1 aromatic heterocycles. The predicted octanol–water partition coefficient (Wildman–Crippen LogP) is 2.76. The summed E-state index contributed by atoms with van der Waals surface area (Å²) in [7, 11) is 0. The fourth-order valence-electron chi connectivity index (χ4n) is 2.95. The molecule has 0 aliphatic heterocycles. The Balaban J connectivity index is 1.61. The third-order valence-corrected chi connectivity index (χ3v) is 3.98. The number of imidazole rings is 1. The van der Waals surface area contributed by atoms with Crippen LogP contribution in [-0.4, -0.2) is 22.6 Å². The average molecular weight is 235 g/mol. The van der Waals surface area contributed by atoms with Gasteiger partial charge in [-0.1, -0.05) is 13.8 Å². The first-order valence-electron chi connectivity index (χ1n) is 6.97. The lowest BCUT2D eigenvalue weighted by molar-refractivity contribution is 0.228. The van der Waals surface area contributed by atoms with Gasteiger partial charge >= 0.3 is 0 Å². The van der Waals surface area contributed by atoms with Crippen molar-refractivity contribution in [3.8, 4) is 0 Å². The molecule has 0 aromatic carbocycles. The summed E-state index contributed by atoms with van der Waals surface area (Å²) in [6, 6.07) is 0.739. The molecule has 0 bridgehead atoms. The van der Waals surface area contributed by atoms with E-state index in [1.807, 2.05) is 12.4 Å². The highest BCUT2D eigenvalue weighted by Crippen LogP contribution is 2.28. The monoisotopic (exact) mass is 235 g/mol. The molecule has 3 nitrogen and oxygen atoms in total. The highest BCUT2D eigenvalue weighted by Gasteiger charge is 2.24. The number of nitrogens with zero attached hydrogens (tertiary/aromatic N) is 1. The molecule has 1 aromatic rings. The standard InChI is InChI=1S/C14H25N3/c1-11-5-6-13(12(2)10-11)15-7-3-4-14-16-8-9-17-14/h8-9,11-13,15H,3-7,10H2,1-2H3,(H,16,17). The van der Waals surface area contributed by atoms with E-state index in [2.05, 4.69) is 29.1 Å². The number of nitrogens with one attached hydrogen (secondary N) is 2. The highest BCUT2D eigenvalue weighted by atomic mass is 14.9. The van der Waals surface area contributed by atoms with Crippen molar-refractivity contribution in [1.29, 1.82) is 0 Å². The molecule has 96 valence electrons. The first-order valence-corrected chi connectivity index (χ1v) is 6.97. The van der Waals surface area contributed by atoms with Gasteiger partial charge < -0.3 is 10.3 Å². The zero-order chi connectivity index (χ0) is 12.1. The van der Waals surface area contributed by atoms with Crippen molar-refractivity contribution < 1.29 is 0 Å². The van der Waals surface area contributed by atoms with Crippen molar-refractivity contribution in [2.45, 2.75) is 52.0 Å². The molecular weight excluding hydrogens is 210 g/mol. The van der Waals surface area contributed by atoms with E-state index >= 15 is 0 Å². The van der Waals surface area contributed by atoms with Gasteiger partial charge in [0, 0.05) is 24.9 Å². The van der Waals surface area contributed by atoms with Crippen LogP contribution in [0.25, 0.3) is 0 Å². The van der Waals surface area contributed by atoms with Gasteiger partial charge in [-0.15, -0.1) is 0 Å². The maximum atomic E-state index is 4.24. The molecule has 0 saturated heterocycles.